The molecular formula is C16H27N3O. The molecule has 112 valence electrons. The highest BCUT2D eigenvalue weighted by molar-refractivity contribution is 5.07. The highest BCUT2D eigenvalue weighted by Crippen LogP contribution is 2.41. The lowest BCUT2D eigenvalue weighted by molar-refractivity contribution is 0.0595. The molecule has 2 heterocycles. The van der Waals surface area contributed by atoms with E-state index in [4.69, 9.17) is 4.42 Å². The van der Waals surface area contributed by atoms with E-state index in [1.165, 1.54) is 19.3 Å². The maximum atomic E-state index is 5.78. The molecule has 20 heavy (non-hydrogen) atoms. The van der Waals surface area contributed by atoms with E-state index in [-0.39, 0.29) is 5.54 Å². The molecule has 1 aromatic rings. The second-order valence-electron chi connectivity index (χ2n) is 6.79. The number of nitrogens with one attached hydrogen (secondary N) is 1. The third-order valence-corrected chi connectivity index (χ3v) is 5.15. The molecular weight excluding hydrogens is 250 g/mol. The van der Waals surface area contributed by atoms with Crippen molar-refractivity contribution < 1.29 is 4.42 Å². The minimum atomic E-state index is 0.280. The first kappa shape index (κ1) is 14.1. The van der Waals surface area contributed by atoms with E-state index >= 15 is 0 Å². The van der Waals surface area contributed by atoms with E-state index in [1.54, 1.807) is 0 Å². The first-order chi connectivity index (χ1) is 9.51. The minimum Gasteiger partial charge on any atom is -0.444 e. The predicted molar refractivity (Wildman–Crippen MR) is 79.6 cm³/mol. The molecule has 4 nitrogen and oxygen atoms in total. The number of aromatic nitrogens is 1. The van der Waals surface area contributed by atoms with Crippen LogP contribution in [0, 0.1) is 19.8 Å². The van der Waals surface area contributed by atoms with Crippen LogP contribution in [-0.2, 0) is 6.54 Å². The Hall–Kier alpha value is -0.870. The first-order valence-corrected chi connectivity index (χ1v) is 7.94. The molecule has 1 aliphatic carbocycles. The molecule has 3 rings (SSSR count). The fourth-order valence-corrected chi connectivity index (χ4v) is 3.45. The Kier molecular flexibility index (Phi) is 3.63. The van der Waals surface area contributed by atoms with Crippen LogP contribution in [-0.4, -0.2) is 34.6 Å². The van der Waals surface area contributed by atoms with E-state index in [1.807, 2.05) is 13.8 Å². The summed E-state index contributed by atoms with van der Waals surface area (Å²) < 4.78 is 5.78. The van der Waals surface area contributed by atoms with Crippen molar-refractivity contribution in [1.82, 2.24) is 15.2 Å². The molecule has 2 aliphatic rings. The topological polar surface area (TPSA) is 41.3 Å². The van der Waals surface area contributed by atoms with Gasteiger partial charge in [-0.2, -0.15) is 0 Å². The van der Waals surface area contributed by atoms with Crippen LogP contribution >= 0.6 is 0 Å². The van der Waals surface area contributed by atoms with Crippen LogP contribution in [0.2, 0.25) is 0 Å². The molecule has 1 saturated carbocycles. The summed E-state index contributed by atoms with van der Waals surface area (Å²) in [5.41, 5.74) is 1.30. The van der Waals surface area contributed by atoms with E-state index in [0.29, 0.717) is 6.04 Å². The van der Waals surface area contributed by atoms with Crippen LogP contribution in [0.4, 0.5) is 0 Å². The van der Waals surface area contributed by atoms with Crippen LogP contribution in [0.25, 0.3) is 0 Å². The van der Waals surface area contributed by atoms with Crippen LogP contribution in [0.15, 0.2) is 4.42 Å². The third-order valence-electron chi connectivity index (χ3n) is 5.15. The van der Waals surface area contributed by atoms with Crippen molar-refractivity contribution in [1.29, 1.82) is 0 Å². The Morgan fingerprint density at radius 1 is 1.40 bits per heavy atom. The molecule has 0 amide bonds. The minimum absolute atomic E-state index is 0.280. The van der Waals surface area contributed by atoms with Gasteiger partial charge in [0.25, 0.3) is 0 Å². The Morgan fingerprint density at radius 3 is 2.70 bits per heavy atom. The highest BCUT2D eigenvalue weighted by atomic mass is 16.4. The summed E-state index contributed by atoms with van der Waals surface area (Å²) in [5, 5.41) is 3.80. The zero-order valence-corrected chi connectivity index (χ0v) is 13.2. The average molecular weight is 277 g/mol. The van der Waals surface area contributed by atoms with E-state index in [0.717, 1.165) is 42.9 Å². The van der Waals surface area contributed by atoms with Gasteiger partial charge in [-0.05, 0) is 46.0 Å². The molecule has 0 radical (unpaired) electrons. The summed E-state index contributed by atoms with van der Waals surface area (Å²) in [4.78, 5) is 7.12. The van der Waals surface area contributed by atoms with Crippen molar-refractivity contribution in [3.05, 3.63) is 17.3 Å². The van der Waals surface area contributed by atoms with Gasteiger partial charge in [0.15, 0.2) is 0 Å². The number of nitrogens with zero attached hydrogens (tertiary/aromatic N) is 2. The largest absolute Gasteiger partial charge is 0.444 e. The molecule has 0 aromatic carbocycles. The van der Waals surface area contributed by atoms with Gasteiger partial charge in [0.2, 0.25) is 5.89 Å². The van der Waals surface area contributed by atoms with Crippen molar-refractivity contribution in [2.45, 2.75) is 65.1 Å². The second-order valence-corrected chi connectivity index (χ2v) is 6.79. The quantitative estimate of drug-likeness (QED) is 0.918. The van der Waals surface area contributed by atoms with Gasteiger partial charge in [-0.25, -0.2) is 4.98 Å². The van der Waals surface area contributed by atoms with Crippen molar-refractivity contribution in [2.24, 2.45) is 5.92 Å². The normalized spacial score (nSPS) is 31.7. The highest BCUT2D eigenvalue weighted by Gasteiger charge is 2.45. The van der Waals surface area contributed by atoms with Crippen LogP contribution < -0.4 is 5.32 Å². The lowest BCUT2D eigenvalue weighted by Crippen LogP contribution is -2.63. The summed E-state index contributed by atoms with van der Waals surface area (Å²) >= 11 is 0. The van der Waals surface area contributed by atoms with Gasteiger partial charge in [0.05, 0.1) is 12.2 Å². The Morgan fingerprint density at radius 2 is 2.15 bits per heavy atom. The monoisotopic (exact) mass is 277 g/mol. The summed E-state index contributed by atoms with van der Waals surface area (Å²) in [6.45, 7) is 11.7. The average Bonchev–Trinajstić information content (AvgIpc) is 3.19. The van der Waals surface area contributed by atoms with Gasteiger partial charge in [0, 0.05) is 24.7 Å². The fraction of sp³-hybridized carbons (Fsp3) is 0.812. The predicted octanol–water partition coefficient (Wildman–Crippen LogP) is 2.64. The summed E-state index contributed by atoms with van der Waals surface area (Å²) in [5.74, 6) is 2.68. The van der Waals surface area contributed by atoms with E-state index in [2.05, 4.69) is 29.0 Å². The Labute approximate surface area is 121 Å². The summed E-state index contributed by atoms with van der Waals surface area (Å²) in [6, 6.07) is 0.592. The molecule has 1 N–H and O–H groups in total. The SMILES string of the molecule is CCC1CNC(C)(C2CC2)CN1Cc1nc(C)c(C)o1. The van der Waals surface area contributed by atoms with Crippen LogP contribution in [0.5, 0.6) is 0 Å². The Balaban J connectivity index is 1.73. The molecule has 0 bridgehead atoms. The fourth-order valence-electron chi connectivity index (χ4n) is 3.45. The molecule has 2 unspecified atom stereocenters. The summed E-state index contributed by atoms with van der Waals surface area (Å²) in [7, 11) is 0. The van der Waals surface area contributed by atoms with Gasteiger partial charge in [-0.15, -0.1) is 0 Å². The van der Waals surface area contributed by atoms with Crippen molar-refractivity contribution >= 4 is 0 Å². The number of piperazine rings is 1. The van der Waals surface area contributed by atoms with Crippen molar-refractivity contribution in [3.63, 3.8) is 0 Å². The maximum Gasteiger partial charge on any atom is 0.208 e. The third kappa shape index (κ3) is 2.63. The molecule has 1 aromatic heterocycles. The molecule has 0 spiro atoms. The van der Waals surface area contributed by atoms with Gasteiger partial charge in [-0.1, -0.05) is 6.92 Å². The van der Waals surface area contributed by atoms with Gasteiger partial charge in [0.1, 0.15) is 5.76 Å². The molecule has 1 aliphatic heterocycles. The molecule has 4 heteroatoms. The lowest BCUT2D eigenvalue weighted by atomic mass is 9.90. The van der Waals surface area contributed by atoms with Gasteiger partial charge in [-0.3, -0.25) is 4.90 Å². The Bertz CT molecular complexity index is 461. The van der Waals surface area contributed by atoms with Gasteiger partial charge < -0.3 is 9.73 Å². The maximum absolute atomic E-state index is 5.78. The van der Waals surface area contributed by atoms with Crippen molar-refractivity contribution in [2.75, 3.05) is 13.1 Å². The standard InChI is InChI=1S/C16H27N3O/c1-5-14-8-17-16(4,13-6-7-13)10-19(14)9-15-18-11(2)12(3)20-15/h13-14,17H,5-10H2,1-4H3. The number of hydrogen-bond acceptors (Lipinski definition) is 4. The van der Waals surface area contributed by atoms with E-state index in [9.17, 15) is 0 Å². The zero-order valence-electron chi connectivity index (χ0n) is 13.2. The number of hydrogen-bond donors (Lipinski definition) is 1. The van der Waals surface area contributed by atoms with Crippen LogP contribution in [0.1, 0.15) is 50.5 Å². The lowest BCUT2D eigenvalue weighted by Gasteiger charge is -2.46. The smallest absolute Gasteiger partial charge is 0.208 e. The molecule has 2 fully saturated rings. The number of rotatable bonds is 4. The molecule has 1 saturated heterocycles. The van der Waals surface area contributed by atoms with Gasteiger partial charge >= 0.3 is 0 Å². The number of oxazole rings is 1. The van der Waals surface area contributed by atoms with E-state index < -0.39 is 0 Å². The van der Waals surface area contributed by atoms with Crippen LogP contribution in [0.3, 0.4) is 0 Å². The summed E-state index contributed by atoms with van der Waals surface area (Å²) in [6.07, 6.45) is 3.93. The molecule has 2 atom stereocenters. The van der Waals surface area contributed by atoms with Crippen molar-refractivity contribution in [3.8, 4) is 0 Å². The first-order valence-electron chi connectivity index (χ1n) is 7.94. The number of aryl methyl sites for hydroxylation is 2. The second kappa shape index (κ2) is 5.15. The zero-order chi connectivity index (χ0) is 14.3.